The van der Waals surface area contributed by atoms with Crippen LogP contribution >= 0.6 is 0 Å². The molecule has 0 saturated carbocycles. The van der Waals surface area contributed by atoms with Crippen LogP contribution in [0.25, 0.3) is 0 Å². The molecule has 4 N–H and O–H groups in total. The van der Waals surface area contributed by atoms with Gasteiger partial charge in [0.15, 0.2) is 0 Å². The first-order chi connectivity index (χ1) is 13.9. The number of nitrogens with one attached hydrogen (secondary N) is 2. The maximum atomic E-state index is 12.6. The molecular formula is C21H25N5O3. The fourth-order valence-corrected chi connectivity index (χ4v) is 3.20. The Morgan fingerprint density at radius 1 is 1.10 bits per heavy atom. The normalized spacial score (nSPS) is 14.3. The number of aromatic nitrogens is 1. The van der Waals surface area contributed by atoms with Gasteiger partial charge in [-0.25, -0.2) is 4.79 Å². The first-order valence-electron chi connectivity index (χ1n) is 9.57. The number of carbonyl (C=O) groups is 3. The predicted molar refractivity (Wildman–Crippen MR) is 108 cm³/mol. The molecule has 8 heteroatoms. The Bertz CT molecular complexity index is 872. The Morgan fingerprint density at radius 2 is 1.79 bits per heavy atom. The van der Waals surface area contributed by atoms with Gasteiger partial charge in [-0.1, -0.05) is 23.8 Å². The SMILES string of the molecule is Cc1ccc(C(=O)N2CCC(NC(=O)NCc3ccc(C(N)=O)nc3)CC2)cc1. The van der Waals surface area contributed by atoms with Gasteiger partial charge in [-0.05, 0) is 43.5 Å². The largest absolute Gasteiger partial charge is 0.364 e. The number of hydrogen-bond donors (Lipinski definition) is 3. The first-order valence-corrected chi connectivity index (χ1v) is 9.57. The smallest absolute Gasteiger partial charge is 0.315 e. The van der Waals surface area contributed by atoms with E-state index in [9.17, 15) is 14.4 Å². The summed E-state index contributed by atoms with van der Waals surface area (Å²) in [6.07, 6.45) is 2.93. The molecule has 1 aromatic carbocycles. The van der Waals surface area contributed by atoms with Crippen LogP contribution < -0.4 is 16.4 Å². The number of nitrogens with zero attached hydrogens (tertiary/aromatic N) is 2. The highest BCUT2D eigenvalue weighted by atomic mass is 16.2. The van der Waals surface area contributed by atoms with Crippen molar-refractivity contribution < 1.29 is 14.4 Å². The minimum Gasteiger partial charge on any atom is -0.364 e. The molecule has 0 bridgehead atoms. The lowest BCUT2D eigenvalue weighted by molar-refractivity contribution is 0.0708. The molecule has 4 amide bonds. The summed E-state index contributed by atoms with van der Waals surface area (Å²) in [5.74, 6) is -0.561. The van der Waals surface area contributed by atoms with Crippen LogP contribution in [0.4, 0.5) is 4.79 Å². The number of benzene rings is 1. The topological polar surface area (TPSA) is 117 Å². The highest BCUT2D eigenvalue weighted by molar-refractivity contribution is 5.94. The van der Waals surface area contributed by atoms with E-state index in [4.69, 9.17) is 5.73 Å². The van der Waals surface area contributed by atoms with E-state index in [1.807, 2.05) is 36.1 Å². The van der Waals surface area contributed by atoms with Crippen LogP contribution in [0.15, 0.2) is 42.6 Å². The van der Waals surface area contributed by atoms with Crippen LogP contribution in [0.5, 0.6) is 0 Å². The molecule has 3 rings (SSSR count). The lowest BCUT2D eigenvalue weighted by atomic mass is 10.0. The molecule has 152 valence electrons. The van der Waals surface area contributed by atoms with Crippen molar-refractivity contribution in [2.24, 2.45) is 5.73 Å². The Kier molecular flexibility index (Phi) is 6.43. The summed E-state index contributed by atoms with van der Waals surface area (Å²) in [5, 5.41) is 5.72. The van der Waals surface area contributed by atoms with Gasteiger partial charge in [0.05, 0.1) is 0 Å². The summed E-state index contributed by atoms with van der Waals surface area (Å²) in [4.78, 5) is 41.5. The average molecular weight is 395 g/mol. The molecule has 0 atom stereocenters. The molecule has 1 saturated heterocycles. The molecule has 2 heterocycles. The highest BCUT2D eigenvalue weighted by Crippen LogP contribution is 2.14. The number of likely N-dealkylation sites (tertiary alicyclic amines) is 1. The van der Waals surface area contributed by atoms with Gasteiger partial charge in [0, 0.05) is 37.4 Å². The predicted octanol–water partition coefficient (Wildman–Crippen LogP) is 1.59. The lowest BCUT2D eigenvalue weighted by Crippen LogP contribution is -2.49. The second-order valence-electron chi connectivity index (χ2n) is 7.18. The number of amides is 4. The standard InChI is InChI=1S/C21H25N5O3/c1-14-2-5-16(6-3-14)20(28)26-10-8-17(9-11-26)25-21(29)24-13-15-4-7-18(19(22)27)23-12-15/h2-7,12,17H,8-11,13H2,1H3,(H2,22,27)(H2,24,25,29). The van der Waals surface area contributed by atoms with E-state index in [1.165, 1.54) is 12.3 Å². The summed E-state index contributed by atoms with van der Waals surface area (Å²) in [6.45, 7) is 3.50. The molecule has 0 radical (unpaired) electrons. The van der Waals surface area contributed by atoms with E-state index in [0.29, 0.717) is 38.0 Å². The fourth-order valence-electron chi connectivity index (χ4n) is 3.20. The minimum atomic E-state index is -0.588. The van der Waals surface area contributed by atoms with Crippen molar-refractivity contribution >= 4 is 17.8 Å². The third kappa shape index (κ3) is 5.54. The fraction of sp³-hybridized carbons (Fsp3) is 0.333. The van der Waals surface area contributed by atoms with Gasteiger partial charge in [0.1, 0.15) is 5.69 Å². The van der Waals surface area contributed by atoms with Crippen molar-refractivity contribution in [2.75, 3.05) is 13.1 Å². The monoisotopic (exact) mass is 395 g/mol. The summed E-state index contributed by atoms with van der Waals surface area (Å²) in [6, 6.07) is 10.5. The van der Waals surface area contributed by atoms with Crippen molar-refractivity contribution in [2.45, 2.75) is 32.4 Å². The number of pyridine rings is 1. The van der Waals surface area contributed by atoms with E-state index in [2.05, 4.69) is 15.6 Å². The highest BCUT2D eigenvalue weighted by Gasteiger charge is 2.24. The van der Waals surface area contributed by atoms with Gasteiger partial charge >= 0.3 is 6.03 Å². The molecule has 1 aliphatic heterocycles. The Morgan fingerprint density at radius 3 is 2.38 bits per heavy atom. The van der Waals surface area contributed by atoms with E-state index < -0.39 is 5.91 Å². The van der Waals surface area contributed by atoms with Crippen LogP contribution in [0.3, 0.4) is 0 Å². The maximum Gasteiger partial charge on any atom is 0.315 e. The van der Waals surface area contributed by atoms with Crippen molar-refractivity contribution in [3.63, 3.8) is 0 Å². The quantitative estimate of drug-likeness (QED) is 0.712. The Hall–Kier alpha value is -3.42. The molecule has 1 fully saturated rings. The van der Waals surface area contributed by atoms with Crippen molar-refractivity contribution in [1.29, 1.82) is 0 Å². The van der Waals surface area contributed by atoms with Crippen LogP contribution in [0, 0.1) is 6.92 Å². The molecule has 8 nitrogen and oxygen atoms in total. The minimum absolute atomic E-state index is 0.0208. The summed E-state index contributed by atoms with van der Waals surface area (Å²) in [7, 11) is 0. The van der Waals surface area contributed by atoms with E-state index in [1.54, 1.807) is 6.07 Å². The van der Waals surface area contributed by atoms with Crippen LogP contribution in [-0.2, 0) is 6.54 Å². The maximum absolute atomic E-state index is 12.6. The number of nitrogens with two attached hydrogens (primary N) is 1. The summed E-state index contributed by atoms with van der Waals surface area (Å²) < 4.78 is 0. The molecule has 1 aliphatic rings. The second-order valence-corrected chi connectivity index (χ2v) is 7.18. The second kappa shape index (κ2) is 9.18. The van der Waals surface area contributed by atoms with Gasteiger partial charge in [-0.15, -0.1) is 0 Å². The molecule has 1 aromatic heterocycles. The van der Waals surface area contributed by atoms with Gasteiger partial charge < -0.3 is 21.3 Å². The summed E-state index contributed by atoms with van der Waals surface area (Å²) in [5.41, 5.74) is 7.92. The lowest BCUT2D eigenvalue weighted by Gasteiger charge is -2.32. The van der Waals surface area contributed by atoms with Crippen LogP contribution in [0.1, 0.15) is 44.8 Å². The van der Waals surface area contributed by atoms with Crippen molar-refractivity contribution in [3.8, 4) is 0 Å². The number of carbonyl (C=O) groups excluding carboxylic acids is 3. The number of primary amides is 1. The third-order valence-electron chi connectivity index (χ3n) is 4.95. The number of piperidine rings is 1. The van der Waals surface area contributed by atoms with Crippen LogP contribution in [-0.4, -0.2) is 46.9 Å². The number of urea groups is 1. The van der Waals surface area contributed by atoms with Crippen LogP contribution in [0.2, 0.25) is 0 Å². The molecule has 0 unspecified atom stereocenters. The molecule has 29 heavy (non-hydrogen) atoms. The third-order valence-corrected chi connectivity index (χ3v) is 4.95. The van der Waals surface area contributed by atoms with Crippen molar-refractivity contribution in [3.05, 3.63) is 65.0 Å². The molecular weight excluding hydrogens is 370 g/mol. The zero-order valence-electron chi connectivity index (χ0n) is 16.4. The first kappa shape index (κ1) is 20.3. The molecule has 0 aliphatic carbocycles. The van der Waals surface area contributed by atoms with Gasteiger partial charge in [0.2, 0.25) is 0 Å². The van der Waals surface area contributed by atoms with Gasteiger partial charge in [-0.2, -0.15) is 0 Å². The van der Waals surface area contributed by atoms with E-state index in [0.717, 1.165) is 11.1 Å². The van der Waals surface area contributed by atoms with Gasteiger partial charge in [-0.3, -0.25) is 14.6 Å². The Balaban J connectivity index is 1.41. The zero-order chi connectivity index (χ0) is 20.8. The van der Waals surface area contributed by atoms with Gasteiger partial charge in [0.25, 0.3) is 11.8 Å². The molecule has 0 spiro atoms. The zero-order valence-corrected chi connectivity index (χ0v) is 16.4. The number of rotatable bonds is 5. The average Bonchev–Trinajstić information content (AvgIpc) is 2.73. The number of aryl methyl sites for hydroxylation is 1. The molecule has 2 aromatic rings. The van der Waals surface area contributed by atoms with Crippen molar-refractivity contribution in [1.82, 2.24) is 20.5 Å². The summed E-state index contributed by atoms with van der Waals surface area (Å²) >= 11 is 0. The Labute approximate surface area is 169 Å². The van der Waals surface area contributed by atoms with E-state index >= 15 is 0 Å². The number of hydrogen-bond acceptors (Lipinski definition) is 4. The van der Waals surface area contributed by atoms with E-state index in [-0.39, 0.29) is 23.7 Å².